The number of nitrogens with one attached hydrogen (secondary N) is 3. The topological polar surface area (TPSA) is 82.3 Å². The van der Waals surface area contributed by atoms with E-state index in [4.69, 9.17) is 0 Å². The zero-order valence-corrected chi connectivity index (χ0v) is 12.3. The number of hydrogen-bond acceptors (Lipinski definition) is 4. The van der Waals surface area contributed by atoms with Crippen molar-refractivity contribution in [2.45, 2.75) is 58.0 Å². The van der Waals surface area contributed by atoms with Crippen LogP contribution in [-0.2, 0) is 18.5 Å². The van der Waals surface area contributed by atoms with Gasteiger partial charge in [0.1, 0.15) is 5.82 Å². The van der Waals surface area contributed by atoms with Crippen molar-refractivity contribution in [1.29, 1.82) is 0 Å². The number of H-pyrrole nitrogens is 2. The SMILES string of the molecule is CC(C)(C)c1[nH]ncc1CNCc1nc(C2CC2)n[nH]1. The molecule has 108 valence electrons. The average Bonchev–Trinajstić information content (AvgIpc) is 2.93. The van der Waals surface area contributed by atoms with Crippen molar-refractivity contribution in [3.05, 3.63) is 29.1 Å². The maximum absolute atomic E-state index is 4.51. The van der Waals surface area contributed by atoms with Crippen molar-refractivity contribution < 1.29 is 0 Å². The number of aromatic nitrogens is 5. The zero-order chi connectivity index (χ0) is 14.2. The molecule has 0 bridgehead atoms. The quantitative estimate of drug-likeness (QED) is 0.778. The van der Waals surface area contributed by atoms with Crippen LogP contribution in [0.5, 0.6) is 0 Å². The molecule has 1 saturated carbocycles. The lowest BCUT2D eigenvalue weighted by Gasteiger charge is -2.18. The fourth-order valence-corrected chi connectivity index (χ4v) is 2.32. The van der Waals surface area contributed by atoms with Gasteiger partial charge in [-0.2, -0.15) is 10.2 Å². The molecule has 2 aromatic heterocycles. The fraction of sp³-hybridized carbons (Fsp3) is 0.643. The maximum atomic E-state index is 4.51. The molecule has 2 aromatic rings. The van der Waals surface area contributed by atoms with E-state index in [-0.39, 0.29) is 5.41 Å². The van der Waals surface area contributed by atoms with Crippen molar-refractivity contribution in [2.24, 2.45) is 0 Å². The molecule has 1 fully saturated rings. The highest BCUT2D eigenvalue weighted by atomic mass is 15.2. The van der Waals surface area contributed by atoms with E-state index in [9.17, 15) is 0 Å². The minimum Gasteiger partial charge on any atom is -0.306 e. The van der Waals surface area contributed by atoms with Gasteiger partial charge in [0.2, 0.25) is 0 Å². The van der Waals surface area contributed by atoms with E-state index in [2.05, 4.69) is 51.5 Å². The molecule has 0 atom stereocenters. The maximum Gasteiger partial charge on any atom is 0.153 e. The van der Waals surface area contributed by atoms with Crippen molar-refractivity contribution in [1.82, 2.24) is 30.7 Å². The molecule has 6 nitrogen and oxygen atoms in total. The number of rotatable bonds is 5. The van der Waals surface area contributed by atoms with Crippen LogP contribution in [0.4, 0.5) is 0 Å². The molecule has 1 aliphatic rings. The Balaban J connectivity index is 1.55. The van der Waals surface area contributed by atoms with Gasteiger partial charge in [0, 0.05) is 29.1 Å². The molecule has 20 heavy (non-hydrogen) atoms. The third-order valence-electron chi connectivity index (χ3n) is 3.57. The van der Waals surface area contributed by atoms with Crippen LogP contribution in [-0.4, -0.2) is 25.4 Å². The van der Waals surface area contributed by atoms with Gasteiger partial charge in [-0.15, -0.1) is 0 Å². The Kier molecular flexibility index (Phi) is 3.33. The number of hydrogen-bond donors (Lipinski definition) is 3. The smallest absolute Gasteiger partial charge is 0.153 e. The standard InChI is InChI=1S/C14H22N6/c1-14(2,3)12-10(7-16-19-12)6-15-8-11-17-13(20-18-11)9-4-5-9/h7,9,15H,4-6,8H2,1-3H3,(H,16,19)(H,17,18,20). The largest absolute Gasteiger partial charge is 0.306 e. The Bertz CT molecular complexity index is 572. The summed E-state index contributed by atoms with van der Waals surface area (Å²) in [6.45, 7) is 8.03. The van der Waals surface area contributed by atoms with Crippen LogP contribution in [0.3, 0.4) is 0 Å². The third-order valence-corrected chi connectivity index (χ3v) is 3.57. The van der Waals surface area contributed by atoms with Gasteiger partial charge in [0.25, 0.3) is 0 Å². The summed E-state index contributed by atoms with van der Waals surface area (Å²) < 4.78 is 0. The average molecular weight is 274 g/mol. The predicted octanol–water partition coefficient (Wildman–Crippen LogP) is 1.99. The van der Waals surface area contributed by atoms with Crippen molar-refractivity contribution in [3.63, 3.8) is 0 Å². The van der Waals surface area contributed by atoms with Gasteiger partial charge < -0.3 is 5.32 Å². The monoisotopic (exact) mass is 274 g/mol. The molecule has 3 N–H and O–H groups in total. The lowest BCUT2D eigenvalue weighted by Crippen LogP contribution is -2.19. The van der Waals surface area contributed by atoms with Gasteiger partial charge in [-0.1, -0.05) is 20.8 Å². The lowest BCUT2D eigenvalue weighted by molar-refractivity contribution is 0.552. The summed E-state index contributed by atoms with van der Waals surface area (Å²) >= 11 is 0. The molecule has 1 aliphatic carbocycles. The van der Waals surface area contributed by atoms with Crippen molar-refractivity contribution in [3.8, 4) is 0 Å². The van der Waals surface area contributed by atoms with Gasteiger partial charge in [0.05, 0.1) is 12.7 Å². The summed E-state index contributed by atoms with van der Waals surface area (Å²) in [6, 6.07) is 0. The van der Waals surface area contributed by atoms with E-state index in [1.54, 1.807) is 0 Å². The van der Waals surface area contributed by atoms with Gasteiger partial charge in [-0.25, -0.2) is 4.98 Å². The Labute approximate surface area is 118 Å². The van der Waals surface area contributed by atoms with Crippen LogP contribution in [0.25, 0.3) is 0 Å². The second-order valence-corrected chi connectivity index (χ2v) is 6.54. The first kappa shape index (κ1) is 13.3. The Morgan fingerprint density at radius 1 is 1.25 bits per heavy atom. The van der Waals surface area contributed by atoms with Crippen LogP contribution in [0.1, 0.15) is 62.4 Å². The van der Waals surface area contributed by atoms with Crippen LogP contribution in [0.15, 0.2) is 6.20 Å². The van der Waals surface area contributed by atoms with E-state index < -0.39 is 0 Å². The summed E-state index contributed by atoms with van der Waals surface area (Å²) in [7, 11) is 0. The summed E-state index contributed by atoms with van der Waals surface area (Å²) in [4.78, 5) is 4.51. The summed E-state index contributed by atoms with van der Waals surface area (Å²) in [5.74, 6) is 2.48. The summed E-state index contributed by atoms with van der Waals surface area (Å²) in [5.41, 5.74) is 2.47. The van der Waals surface area contributed by atoms with E-state index in [0.29, 0.717) is 12.5 Å². The van der Waals surface area contributed by atoms with Gasteiger partial charge in [-0.05, 0) is 12.8 Å². The molecule has 0 spiro atoms. The molecule has 0 aliphatic heterocycles. The second-order valence-electron chi connectivity index (χ2n) is 6.54. The van der Waals surface area contributed by atoms with Crippen molar-refractivity contribution >= 4 is 0 Å². The van der Waals surface area contributed by atoms with Crippen LogP contribution >= 0.6 is 0 Å². The molecule has 0 amide bonds. The highest BCUT2D eigenvalue weighted by Gasteiger charge is 2.27. The molecule has 0 saturated heterocycles. The summed E-state index contributed by atoms with van der Waals surface area (Å²) in [5, 5.41) is 17.9. The van der Waals surface area contributed by atoms with Gasteiger partial charge in [-0.3, -0.25) is 10.2 Å². The molecule has 0 unspecified atom stereocenters. The van der Waals surface area contributed by atoms with Crippen LogP contribution in [0.2, 0.25) is 0 Å². The Morgan fingerprint density at radius 2 is 2.05 bits per heavy atom. The van der Waals surface area contributed by atoms with Crippen LogP contribution < -0.4 is 5.32 Å². The minimum absolute atomic E-state index is 0.0822. The second kappa shape index (κ2) is 5.01. The van der Waals surface area contributed by atoms with E-state index in [0.717, 1.165) is 18.2 Å². The Morgan fingerprint density at radius 3 is 2.75 bits per heavy atom. The first-order valence-corrected chi connectivity index (χ1v) is 7.18. The highest BCUT2D eigenvalue weighted by Crippen LogP contribution is 2.37. The normalized spacial score (nSPS) is 15.8. The zero-order valence-electron chi connectivity index (χ0n) is 12.3. The molecule has 0 radical (unpaired) electrons. The van der Waals surface area contributed by atoms with E-state index >= 15 is 0 Å². The minimum atomic E-state index is 0.0822. The van der Waals surface area contributed by atoms with E-state index in [1.165, 1.54) is 24.1 Å². The number of aromatic amines is 2. The van der Waals surface area contributed by atoms with Gasteiger partial charge >= 0.3 is 0 Å². The summed E-state index contributed by atoms with van der Waals surface area (Å²) in [6.07, 6.45) is 4.35. The molecular formula is C14H22N6. The van der Waals surface area contributed by atoms with E-state index in [1.807, 2.05) is 6.20 Å². The highest BCUT2D eigenvalue weighted by molar-refractivity contribution is 5.23. The lowest BCUT2D eigenvalue weighted by atomic mass is 9.89. The van der Waals surface area contributed by atoms with Crippen LogP contribution in [0, 0.1) is 0 Å². The molecule has 0 aromatic carbocycles. The van der Waals surface area contributed by atoms with Gasteiger partial charge in [0.15, 0.2) is 5.82 Å². The number of nitrogens with zero attached hydrogens (tertiary/aromatic N) is 3. The fourth-order valence-electron chi connectivity index (χ4n) is 2.32. The first-order valence-electron chi connectivity index (χ1n) is 7.18. The molecule has 6 heteroatoms. The molecule has 2 heterocycles. The molecule has 3 rings (SSSR count). The molecular weight excluding hydrogens is 252 g/mol. The third kappa shape index (κ3) is 2.90. The van der Waals surface area contributed by atoms with Crippen molar-refractivity contribution in [2.75, 3.05) is 0 Å². The predicted molar refractivity (Wildman–Crippen MR) is 76.2 cm³/mol. The first-order chi connectivity index (χ1) is 9.54. The Hall–Kier alpha value is -1.69.